The molecule has 11 heavy (non-hydrogen) atoms. The van der Waals surface area contributed by atoms with Crippen LogP contribution in [0.2, 0.25) is 0 Å². The van der Waals surface area contributed by atoms with Crippen molar-refractivity contribution < 1.29 is 9.90 Å². The summed E-state index contributed by atoms with van der Waals surface area (Å²) in [5, 5.41) is 12.0. The van der Waals surface area contributed by atoms with Crippen molar-refractivity contribution >= 4 is 5.97 Å². The van der Waals surface area contributed by atoms with Gasteiger partial charge in [0.05, 0.1) is 5.92 Å². The highest BCUT2D eigenvalue weighted by atomic mass is 16.4. The lowest BCUT2D eigenvalue weighted by Crippen LogP contribution is -2.24. The maximum Gasteiger partial charge on any atom is 0.306 e. The van der Waals surface area contributed by atoms with Crippen LogP contribution in [-0.4, -0.2) is 24.2 Å². The van der Waals surface area contributed by atoms with Crippen molar-refractivity contribution in [2.45, 2.75) is 19.8 Å². The molecule has 0 aromatic carbocycles. The smallest absolute Gasteiger partial charge is 0.306 e. The maximum absolute atomic E-state index is 10.7. The van der Waals surface area contributed by atoms with Gasteiger partial charge in [-0.05, 0) is 31.8 Å². The minimum absolute atomic E-state index is 0.134. The Kier molecular flexibility index (Phi) is 2.88. The maximum atomic E-state index is 10.7. The van der Waals surface area contributed by atoms with Gasteiger partial charge in [0, 0.05) is 0 Å². The summed E-state index contributed by atoms with van der Waals surface area (Å²) in [6, 6.07) is 0. The SMILES string of the molecule is CC[C@H](C(=O)O)C1CCNC1. The molecule has 0 aromatic heterocycles. The van der Waals surface area contributed by atoms with Crippen molar-refractivity contribution in [3.63, 3.8) is 0 Å². The van der Waals surface area contributed by atoms with Crippen LogP contribution in [0.4, 0.5) is 0 Å². The first-order valence-corrected chi connectivity index (χ1v) is 4.19. The van der Waals surface area contributed by atoms with Crippen molar-refractivity contribution in [2.75, 3.05) is 13.1 Å². The summed E-state index contributed by atoms with van der Waals surface area (Å²) in [6.45, 7) is 3.80. The number of hydrogen-bond acceptors (Lipinski definition) is 2. The summed E-state index contributed by atoms with van der Waals surface area (Å²) < 4.78 is 0. The third-order valence-electron chi connectivity index (χ3n) is 2.42. The van der Waals surface area contributed by atoms with E-state index in [0.717, 1.165) is 25.9 Å². The zero-order chi connectivity index (χ0) is 8.27. The number of carbonyl (C=O) groups is 1. The van der Waals surface area contributed by atoms with E-state index < -0.39 is 5.97 Å². The molecule has 3 heteroatoms. The van der Waals surface area contributed by atoms with Crippen molar-refractivity contribution in [3.05, 3.63) is 0 Å². The van der Waals surface area contributed by atoms with Gasteiger partial charge in [0.15, 0.2) is 0 Å². The summed E-state index contributed by atoms with van der Waals surface area (Å²) >= 11 is 0. The Hall–Kier alpha value is -0.570. The third-order valence-corrected chi connectivity index (χ3v) is 2.42. The Bertz CT molecular complexity index is 141. The lowest BCUT2D eigenvalue weighted by atomic mass is 9.89. The highest BCUT2D eigenvalue weighted by molar-refractivity contribution is 5.70. The van der Waals surface area contributed by atoms with Crippen LogP contribution in [0.5, 0.6) is 0 Å². The number of hydrogen-bond donors (Lipinski definition) is 2. The van der Waals surface area contributed by atoms with Gasteiger partial charge in [-0.15, -0.1) is 0 Å². The van der Waals surface area contributed by atoms with E-state index in [1.165, 1.54) is 0 Å². The molecule has 2 atom stereocenters. The predicted octanol–water partition coefficient (Wildman–Crippen LogP) is 0.707. The molecule has 0 bridgehead atoms. The number of carboxylic acids is 1. The molecule has 0 radical (unpaired) electrons. The van der Waals surface area contributed by atoms with Gasteiger partial charge in [-0.25, -0.2) is 0 Å². The minimum atomic E-state index is -0.638. The van der Waals surface area contributed by atoms with E-state index in [2.05, 4.69) is 5.32 Å². The van der Waals surface area contributed by atoms with E-state index in [0.29, 0.717) is 5.92 Å². The molecule has 1 aliphatic heterocycles. The van der Waals surface area contributed by atoms with Crippen molar-refractivity contribution in [2.24, 2.45) is 11.8 Å². The number of rotatable bonds is 3. The number of aliphatic carboxylic acids is 1. The third kappa shape index (κ3) is 1.93. The van der Waals surface area contributed by atoms with Crippen LogP contribution in [0.15, 0.2) is 0 Å². The molecule has 1 saturated heterocycles. The zero-order valence-corrected chi connectivity index (χ0v) is 6.84. The minimum Gasteiger partial charge on any atom is -0.481 e. The molecule has 1 rings (SSSR count). The van der Waals surface area contributed by atoms with E-state index >= 15 is 0 Å². The molecule has 64 valence electrons. The second kappa shape index (κ2) is 3.72. The van der Waals surface area contributed by atoms with Crippen LogP contribution in [0.3, 0.4) is 0 Å². The highest BCUT2D eigenvalue weighted by Crippen LogP contribution is 2.21. The van der Waals surface area contributed by atoms with Crippen LogP contribution in [0, 0.1) is 11.8 Å². The first-order valence-electron chi connectivity index (χ1n) is 4.19. The first kappa shape index (κ1) is 8.53. The molecule has 2 N–H and O–H groups in total. The Morgan fingerprint density at radius 1 is 1.82 bits per heavy atom. The normalized spacial score (nSPS) is 26.8. The second-order valence-electron chi connectivity index (χ2n) is 3.11. The van der Waals surface area contributed by atoms with Crippen LogP contribution in [0.1, 0.15) is 19.8 Å². The number of nitrogens with one attached hydrogen (secondary N) is 1. The van der Waals surface area contributed by atoms with E-state index in [1.807, 2.05) is 6.92 Å². The van der Waals surface area contributed by atoms with Gasteiger partial charge in [-0.1, -0.05) is 6.92 Å². The van der Waals surface area contributed by atoms with Gasteiger partial charge in [-0.3, -0.25) is 4.79 Å². The largest absolute Gasteiger partial charge is 0.481 e. The van der Waals surface area contributed by atoms with Crippen molar-refractivity contribution in [1.82, 2.24) is 5.32 Å². The summed E-state index contributed by atoms with van der Waals surface area (Å²) in [7, 11) is 0. The quantitative estimate of drug-likeness (QED) is 0.634. The van der Waals surface area contributed by atoms with E-state index in [4.69, 9.17) is 5.11 Å². The Morgan fingerprint density at radius 2 is 2.55 bits per heavy atom. The van der Waals surface area contributed by atoms with Crippen molar-refractivity contribution in [1.29, 1.82) is 0 Å². The molecule has 3 nitrogen and oxygen atoms in total. The first-order chi connectivity index (χ1) is 5.25. The molecule has 1 aliphatic rings. The predicted molar refractivity (Wildman–Crippen MR) is 42.4 cm³/mol. The summed E-state index contributed by atoms with van der Waals surface area (Å²) in [4.78, 5) is 10.7. The molecule has 0 spiro atoms. The standard InChI is InChI=1S/C8H15NO2/c1-2-7(8(10)11)6-3-4-9-5-6/h6-7,9H,2-5H2,1H3,(H,10,11)/t6?,7-/m0/s1. The Morgan fingerprint density at radius 3 is 2.91 bits per heavy atom. The van der Waals surface area contributed by atoms with Gasteiger partial charge in [0.1, 0.15) is 0 Å². The van der Waals surface area contributed by atoms with E-state index in [1.54, 1.807) is 0 Å². The summed E-state index contributed by atoms with van der Waals surface area (Å²) in [5.74, 6) is -0.413. The van der Waals surface area contributed by atoms with Gasteiger partial charge in [-0.2, -0.15) is 0 Å². The molecule has 0 aliphatic carbocycles. The van der Waals surface area contributed by atoms with E-state index in [-0.39, 0.29) is 5.92 Å². The van der Waals surface area contributed by atoms with Gasteiger partial charge in [0.2, 0.25) is 0 Å². The fraction of sp³-hybridized carbons (Fsp3) is 0.875. The number of carboxylic acid groups (broad SMARTS) is 1. The monoisotopic (exact) mass is 157 g/mol. The molecule has 0 saturated carbocycles. The molecule has 0 amide bonds. The fourth-order valence-electron chi connectivity index (χ4n) is 1.73. The summed E-state index contributed by atoms with van der Waals surface area (Å²) in [5.41, 5.74) is 0. The fourth-order valence-corrected chi connectivity index (χ4v) is 1.73. The molecule has 1 unspecified atom stereocenters. The second-order valence-corrected chi connectivity index (χ2v) is 3.11. The average molecular weight is 157 g/mol. The lowest BCUT2D eigenvalue weighted by molar-refractivity contribution is -0.143. The van der Waals surface area contributed by atoms with Gasteiger partial charge < -0.3 is 10.4 Å². The molecule has 1 fully saturated rings. The average Bonchev–Trinajstić information content (AvgIpc) is 2.40. The van der Waals surface area contributed by atoms with E-state index in [9.17, 15) is 4.79 Å². The zero-order valence-electron chi connectivity index (χ0n) is 6.84. The summed E-state index contributed by atoms with van der Waals surface area (Å²) in [6.07, 6.45) is 1.77. The topological polar surface area (TPSA) is 49.3 Å². The Labute approximate surface area is 66.8 Å². The molecular formula is C8H15NO2. The lowest BCUT2D eigenvalue weighted by Gasteiger charge is -2.15. The highest BCUT2D eigenvalue weighted by Gasteiger charge is 2.28. The molecule has 1 heterocycles. The van der Waals surface area contributed by atoms with Gasteiger partial charge in [0.25, 0.3) is 0 Å². The van der Waals surface area contributed by atoms with Crippen molar-refractivity contribution in [3.8, 4) is 0 Å². The van der Waals surface area contributed by atoms with Crippen LogP contribution in [-0.2, 0) is 4.79 Å². The van der Waals surface area contributed by atoms with Gasteiger partial charge >= 0.3 is 5.97 Å². The Balaban J connectivity index is 2.46. The van der Waals surface area contributed by atoms with Crippen LogP contribution < -0.4 is 5.32 Å². The van der Waals surface area contributed by atoms with Crippen LogP contribution in [0.25, 0.3) is 0 Å². The van der Waals surface area contributed by atoms with Crippen LogP contribution >= 0.6 is 0 Å². The molecular weight excluding hydrogens is 142 g/mol. The molecule has 0 aromatic rings.